The van der Waals surface area contributed by atoms with Gasteiger partial charge in [-0.3, -0.25) is 9.89 Å². The number of ether oxygens (including phenoxy) is 1. The Hall–Kier alpha value is -2.84. The summed E-state index contributed by atoms with van der Waals surface area (Å²) in [5.74, 6) is 1.01. The highest BCUT2D eigenvalue weighted by molar-refractivity contribution is 5.91. The monoisotopic (exact) mass is 415 g/mol. The maximum atomic E-state index is 12.6. The van der Waals surface area contributed by atoms with Gasteiger partial charge in [0.2, 0.25) is 5.91 Å². The van der Waals surface area contributed by atoms with Gasteiger partial charge in [-0.15, -0.1) is 0 Å². The van der Waals surface area contributed by atoms with E-state index in [2.05, 4.69) is 34.5 Å². The van der Waals surface area contributed by atoms with Crippen LogP contribution in [0.3, 0.4) is 0 Å². The molecule has 2 atom stereocenters. The molecule has 2 aromatic heterocycles. The molecule has 0 unspecified atom stereocenters. The zero-order chi connectivity index (χ0) is 21.3. The van der Waals surface area contributed by atoms with Gasteiger partial charge in [0.25, 0.3) is 0 Å². The standard InChI is InChI=1S/C21H29N5O4/c1-13-9-16(30-25-13)11-19(27)22-18-12-17(23-24-18)14-5-6-15(10-14)29-20(28)26-8-4-7-21(26,2)3/h9,12,14-15H,4-8,10-11H2,1-3H3,(H2,22,23,24,27)/t14-,15+/m0/s1. The molecule has 0 aromatic carbocycles. The van der Waals surface area contributed by atoms with Crippen LogP contribution in [-0.4, -0.2) is 50.4 Å². The number of carbonyl (C=O) groups excluding carboxylic acids is 2. The molecule has 1 aliphatic heterocycles. The lowest BCUT2D eigenvalue weighted by atomic mass is 10.0. The largest absolute Gasteiger partial charge is 0.446 e. The lowest BCUT2D eigenvalue weighted by Gasteiger charge is -2.31. The Kier molecular flexibility index (Phi) is 5.53. The number of hydrogen-bond donors (Lipinski definition) is 2. The first-order chi connectivity index (χ1) is 14.3. The maximum Gasteiger partial charge on any atom is 0.410 e. The number of aryl methyl sites for hydroxylation is 1. The molecular formula is C21H29N5O4. The molecule has 2 N–H and O–H groups in total. The van der Waals surface area contributed by atoms with Gasteiger partial charge in [0.05, 0.1) is 12.1 Å². The summed E-state index contributed by atoms with van der Waals surface area (Å²) in [6, 6.07) is 3.58. The lowest BCUT2D eigenvalue weighted by molar-refractivity contribution is -0.115. The van der Waals surface area contributed by atoms with Crippen molar-refractivity contribution in [2.24, 2.45) is 0 Å². The summed E-state index contributed by atoms with van der Waals surface area (Å²) in [7, 11) is 0. The topological polar surface area (TPSA) is 113 Å². The van der Waals surface area contributed by atoms with Crippen molar-refractivity contribution in [1.82, 2.24) is 20.3 Å². The summed E-state index contributed by atoms with van der Waals surface area (Å²) in [5.41, 5.74) is 1.56. The van der Waals surface area contributed by atoms with Crippen LogP contribution in [0.1, 0.15) is 69.0 Å². The van der Waals surface area contributed by atoms with E-state index >= 15 is 0 Å². The Bertz CT molecular complexity index is 918. The van der Waals surface area contributed by atoms with Crippen LogP contribution < -0.4 is 5.32 Å². The molecule has 162 valence electrons. The molecule has 0 bridgehead atoms. The highest BCUT2D eigenvalue weighted by Crippen LogP contribution is 2.37. The van der Waals surface area contributed by atoms with Gasteiger partial charge in [-0.2, -0.15) is 5.10 Å². The van der Waals surface area contributed by atoms with Gasteiger partial charge in [0, 0.05) is 35.8 Å². The van der Waals surface area contributed by atoms with Crippen molar-refractivity contribution in [3.8, 4) is 0 Å². The number of amides is 2. The zero-order valence-corrected chi connectivity index (χ0v) is 17.7. The van der Waals surface area contributed by atoms with Gasteiger partial charge in [0.15, 0.2) is 5.82 Å². The average Bonchev–Trinajstić information content (AvgIpc) is 3.43. The van der Waals surface area contributed by atoms with Crippen molar-refractivity contribution in [2.45, 2.75) is 76.9 Å². The third kappa shape index (κ3) is 4.49. The molecule has 0 spiro atoms. The highest BCUT2D eigenvalue weighted by atomic mass is 16.6. The van der Waals surface area contributed by atoms with Crippen molar-refractivity contribution in [3.63, 3.8) is 0 Å². The van der Waals surface area contributed by atoms with E-state index in [-0.39, 0.29) is 36.0 Å². The third-order valence-electron chi connectivity index (χ3n) is 6.09. The number of aromatic nitrogens is 3. The second-order valence-corrected chi connectivity index (χ2v) is 8.95. The van der Waals surface area contributed by atoms with Crippen LogP contribution >= 0.6 is 0 Å². The molecule has 2 aromatic rings. The normalized spacial score (nSPS) is 23.0. The summed E-state index contributed by atoms with van der Waals surface area (Å²) in [6.07, 6.45) is 4.34. The quantitative estimate of drug-likeness (QED) is 0.772. The molecule has 4 rings (SSSR count). The Morgan fingerprint density at radius 3 is 2.90 bits per heavy atom. The van der Waals surface area contributed by atoms with Gasteiger partial charge in [-0.25, -0.2) is 4.79 Å². The number of aromatic amines is 1. The maximum absolute atomic E-state index is 12.6. The SMILES string of the molecule is Cc1cc(CC(=O)Nc2cc([C@H]3CC[C@@H](OC(=O)N4CCCC4(C)C)C3)[nH]n2)on1. The minimum atomic E-state index is -0.212. The number of nitrogens with one attached hydrogen (secondary N) is 2. The van der Waals surface area contributed by atoms with Gasteiger partial charge in [-0.1, -0.05) is 5.16 Å². The summed E-state index contributed by atoms with van der Waals surface area (Å²) >= 11 is 0. The first-order valence-corrected chi connectivity index (χ1v) is 10.6. The van der Waals surface area contributed by atoms with Crippen molar-refractivity contribution in [3.05, 3.63) is 29.3 Å². The fourth-order valence-electron chi connectivity index (χ4n) is 4.44. The molecule has 9 heteroatoms. The van der Waals surface area contributed by atoms with Gasteiger partial charge < -0.3 is 19.5 Å². The van der Waals surface area contributed by atoms with E-state index in [4.69, 9.17) is 9.26 Å². The Labute approximate surface area is 175 Å². The Morgan fingerprint density at radius 2 is 2.20 bits per heavy atom. The summed E-state index contributed by atoms with van der Waals surface area (Å²) in [6.45, 7) is 6.74. The molecule has 2 amide bonds. The van der Waals surface area contributed by atoms with Crippen LogP contribution in [0.25, 0.3) is 0 Å². The molecule has 2 aliphatic rings. The minimum absolute atomic E-state index is 0.0880. The van der Waals surface area contributed by atoms with E-state index in [1.165, 1.54) is 0 Å². The molecule has 30 heavy (non-hydrogen) atoms. The fourth-order valence-corrected chi connectivity index (χ4v) is 4.44. The van der Waals surface area contributed by atoms with E-state index in [1.54, 1.807) is 6.07 Å². The molecule has 9 nitrogen and oxygen atoms in total. The van der Waals surface area contributed by atoms with E-state index in [1.807, 2.05) is 17.9 Å². The third-order valence-corrected chi connectivity index (χ3v) is 6.09. The number of rotatable bonds is 5. The smallest absolute Gasteiger partial charge is 0.410 e. The number of H-pyrrole nitrogens is 1. The first kappa shape index (κ1) is 20.4. The van der Waals surface area contributed by atoms with Crippen LogP contribution in [0.15, 0.2) is 16.7 Å². The van der Waals surface area contributed by atoms with E-state index < -0.39 is 0 Å². The predicted molar refractivity (Wildman–Crippen MR) is 109 cm³/mol. The highest BCUT2D eigenvalue weighted by Gasteiger charge is 2.38. The molecule has 1 saturated carbocycles. The van der Waals surface area contributed by atoms with Gasteiger partial charge >= 0.3 is 6.09 Å². The van der Waals surface area contributed by atoms with Crippen molar-refractivity contribution < 1.29 is 18.8 Å². The summed E-state index contributed by atoms with van der Waals surface area (Å²) in [4.78, 5) is 26.6. The Morgan fingerprint density at radius 1 is 1.37 bits per heavy atom. The summed E-state index contributed by atoms with van der Waals surface area (Å²) < 4.78 is 10.9. The summed E-state index contributed by atoms with van der Waals surface area (Å²) in [5, 5.41) is 13.8. The van der Waals surface area contributed by atoms with Crippen LogP contribution in [-0.2, 0) is 16.0 Å². The number of anilines is 1. The molecule has 1 aliphatic carbocycles. The van der Waals surface area contributed by atoms with Crippen molar-refractivity contribution >= 4 is 17.8 Å². The Balaban J connectivity index is 1.28. The van der Waals surface area contributed by atoms with E-state index in [0.717, 1.165) is 50.0 Å². The molecule has 1 saturated heterocycles. The van der Waals surface area contributed by atoms with Crippen LogP contribution in [0.4, 0.5) is 10.6 Å². The van der Waals surface area contributed by atoms with Gasteiger partial charge in [-0.05, 0) is 52.9 Å². The number of likely N-dealkylation sites (tertiary alicyclic amines) is 1. The van der Waals surface area contributed by atoms with Crippen molar-refractivity contribution in [2.75, 3.05) is 11.9 Å². The van der Waals surface area contributed by atoms with Gasteiger partial charge in [0.1, 0.15) is 11.9 Å². The second-order valence-electron chi connectivity index (χ2n) is 8.95. The minimum Gasteiger partial charge on any atom is -0.446 e. The van der Waals surface area contributed by atoms with Crippen LogP contribution in [0.5, 0.6) is 0 Å². The van der Waals surface area contributed by atoms with Crippen LogP contribution in [0, 0.1) is 6.92 Å². The van der Waals surface area contributed by atoms with E-state index in [9.17, 15) is 9.59 Å². The first-order valence-electron chi connectivity index (χ1n) is 10.6. The molecule has 3 heterocycles. The zero-order valence-electron chi connectivity index (χ0n) is 17.7. The predicted octanol–water partition coefficient (Wildman–Crippen LogP) is 3.53. The fraction of sp³-hybridized carbons (Fsp3) is 0.619. The van der Waals surface area contributed by atoms with E-state index in [0.29, 0.717) is 11.6 Å². The number of carbonyl (C=O) groups is 2. The van der Waals surface area contributed by atoms with Crippen LogP contribution in [0.2, 0.25) is 0 Å². The molecular weight excluding hydrogens is 386 g/mol. The molecule has 0 radical (unpaired) electrons. The molecule has 2 fully saturated rings. The average molecular weight is 415 g/mol. The van der Waals surface area contributed by atoms with Crippen molar-refractivity contribution in [1.29, 1.82) is 0 Å². The number of hydrogen-bond acceptors (Lipinski definition) is 6. The lowest BCUT2D eigenvalue weighted by Crippen LogP contribution is -2.43. The second kappa shape index (κ2) is 8.12. The number of nitrogens with zero attached hydrogens (tertiary/aromatic N) is 3.